The van der Waals surface area contributed by atoms with Crippen LogP contribution >= 0.6 is 0 Å². The van der Waals surface area contributed by atoms with Crippen molar-refractivity contribution in [1.82, 2.24) is 9.62 Å². The van der Waals surface area contributed by atoms with Crippen molar-refractivity contribution in [2.75, 3.05) is 32.0 Å². The predicted octanol–water partition coefficient (Wildman–Crippen LogP) is 1.80. The molecule has 0 aliphatic carbocycles. The summed E-state index contributed by atoms with van der Waals surface area (Å²) in [5.41, 5.74) is 0.633. The lowest BCUT2D eigenvalue weighted by molar-refractivity contribution is -0.150. The maximum Gasteiger partial charge on any atom is 0.335 e. The number of benzene rings is 1. The van der Waals surface area contributed by atoms with Crippen LogP contribution in [0.4, 0.5) is 0 Å². The van der Waals surface area contributed by atoms with E-state index in [1.54, 1.807) is 13.8 Å². The number of nitrogens with one attached hydrogen (secondary N) is 1. The third-order valence-corrected chi connectivity index (χ3v) is 7.76. The molecule has 1 aromatic rings. The van der Waals surface area contributed by atoms with Gasteiger partial charge in [-0.15, -0.1) is 0 Å². The van der Waals surface area contributed by atoms with Crippen LogP contribution in [0.2, 0.25) is 0 Å². The van der Waals surface area contributed by atoms with Crippen LogP contribution in [0.15, 0.2) is 35.4 Å². The third kappa shape index (κ3) is 4.93. The lowest BCUT2D eigenvalue weighted by atomic mass is 9.83. The molecule has 170 valence electrons. The molecule has 1 saturated heterocycles. The SMILES string of the molecule is CCOc1ccc(CCNC(=O)C2=C(C)C(=O)OC23CCN(S(=O)(=O)CC)CC3)cc1. The molecule has 0 bridgehead atoms. The highest BCUT2D eigenvalue weighted by Gasteiger charge is 2.51. The van der Waals surface area contributed by atoms with Gasteiger partial charge in [0.25, 0.3) is 5.91 Å². The molecule has 2 aliphatic heterocycles. The highest BCUT2D eigenvalue weighted by atomic mass is 32.2. The Morgan fingerprint density at radius 3 is 2.42 bits per heavy atom. The van der Waals surface area contributed by atoms with Crippen LogP contribution in [0, 0.1) is 0 Å². The van der Waals surface area contributed by atoms with Crippen molar-refractivity contribution in [3.05, 3.63) is 41.0 Å². The summed E-state index contributed by atoms with van der Waals surface area (Å²) in [5, 5.41) is 2.90. The molecule has 3 rings (SSSR count). The van der Waals surface area contributed by atoms with Crippen molar-refractivity contribution >= 4 is 21.9 Å². The molecule has 2 heterocycles. The Balaban J connectivity index is 1.64. The molecule has 1 N–H and O–H groups in total. The first-order valence-corrected chi connectivity index (χ1v) is 12.3. The van der Waals surface area contributed by atoms with Crippen LogP contribution in [-0.4, -0.2) is 62.2 Å². The molecular weight excluding hydrogens is 420 g/mol. The van der Waals surface area contributed by atoms with Gasteiger partial charge >= 0.3 is 5.97 Å². The predicted molar refractivity (Wildman–Crippen MR) is 116 cm³/mol. The fourth-order valence-corrected chi connectivity index (χ4v) is 5.22. The van der Waals surface area contributed by atoms with Gasteiger partial charge in [0.1, 0.15) is 11.4 Å². The van der Waals surface area contributed by atoms with Gasteiger partial charge in [-0.2, -0.15) is 0 Å². The first-order valence-electron chi connectivity index (χ1n) is 10.6. The van der Waals surface area contributed by atoms with Crippen LogP contribution in [0.3, 0.4) is 0 Å². The van der Waals surface area contributed by atoms with E-state index in [1.807, 2.05) is 31.2 Å². The first-order chi connectivity index (χ1) is 14.7. The second kappa shape index (κ2) is 9.40. The minimum atomic E-state index is -3.32. The Morgan fingerprint density at radius 1 is 1.19 bits per heavy atom. The van der Waals surface area contributed by atoms with Crippen LogP contribution in [0.1, 0.15) is 39.2 Å². The summed E-state index contributed by atoms with van der Waals surface area (Å²) in [6, 6.07) is 7.69. The molecule has 0 radical (unpaired) electrons. The number of ether oxygens (including phenoxy) is 2. The van der Waals surface area contributed by atoms with E-state index in [4.69, 9.17) is 9.47 Å². The second-order valence-corrected chi connectivity index (χ2v) is 10.0. The standard InChI is InChI=1S/C22H30N2O6S/c1-4-29-18-8-6-17(7-9-18)10-13-23-20(25)19-16(3)21(26)30-22(19)11-14-24(15-12-22)31(27,28)5-2/h6-9H,4-5,10-15H2,1-3H3,(H,23,25). The molecule has 1 fully saturated rings. The fourth-order valence-electron chi connectivity index (χ4n) is 4.11. The number of carbonyl (C=O) groups is 2. The molecule has 9 heteroatoms. The number of esters is 1. The van der Waals surface area contributed by atoms with Gasteiger partial charge in [0.2, 0.25) is 10.0 Å². The van der Waals surface area contributed by atoms with E-state index >= 15 is 0 Å². The fraction of sp³-hybridized carbons (Fsp3) is 0.545. The van der Waals surface area contributed by atoms with Gasteiger partial charge in [0, 0.05) is 38.0 Å². The highest BCUT2D eigenvalue weighted by Crippen LogP contribution is 2.41. The first kappa shape index (κ1) is 23.3. The summed E-state index contributed by atoms with van der Waals surface area (Å²) in [4.78, 5) is 25.3. The molecule has 8 nitrogen and oxygen atoms in total. The van der Waals surface area contributed by atoms with Crippen molar-refractivity contribution in [3.8, 4) is 5.75 Å². The number of hydrogen-bond donors (Lipinski definition) is 1. The Labute approximate surface area is 183 Å². The molecule has 0 saturated carbocycles. The van der Waals surface area contributed by atoms with Crippen LogP contribution in [-0.2, 0) is 30.8 Å². The Morgan fingerprint density at radius 2 is 1.84 bits per heavy atom. The van der Waals surface area contributed by atoms with Gasteiger partial charge in [-0.25, -0.2) is 17.5 Å². The van der Waals surface area contributed by atoms with Crippen LogP contribution < -0.4 is 10.1 Å². The van der Waals surface area contributed by atoms with E-state index in [0.29, 0.717) is 30.7 Å². The van der Waals surface area contributed by atoms with E-state index in [-0.39, 0.29) is 37.6 Å². The zero-order valence-electron chi connectivity index (χ0n) is 18.3. The number of hydrogen-bond acceptors (Lipinski definition) is 6. The summed E-state index contributed by atoms with van der Waals surface area (Å²) in [7, 11) is -3.32. The van der Waals surface area contributed by atoms with E-state index in [1.165, 1.54) is 4.31 Å². The number of sulfonamides is 1. The van der Waals surface area contributed by atoms with Gasteiger partial charge in [-0.3, -0.25) is 4.79 Å². The Bertz CT molecular complexity index is 960. The zero-order chi connectivity index (χ0) is 22.6. The normalized spacial score (nSPS) is 18.9. The van der Waals surface area contributed by atoms with Gasteiger partial charge in [-0.1, -0.05) is 12.1 Å². The molecule has 1 amide bonds. The molecule has 1 spiro atoms. The summed E-state index contributed by atoms with van der Waals surface area (Å²) < 4.78 is 36.8. The molecule has 1 aromatic carbocycles. The molecule has 31 heavy (non-hydrogen) atoms. The van der Waals surface area contributed by atoms with Gasteiger partial charge in [-0.05, 0) is 44.9 Å². The van der Waals surface area contributed by atoms with Gasteiger partial charge in [0.05, 0.1) is 17.9 Å². The molecule has 0 unspecified atom stereocenters. The van der Waals surface area contributed by atoms with E-state index in [9.17, 15) is 18.0 Å². The minimum Gasteiger partial charge on any atom is -0.494 e. The maximum atomic E-state index is 13.0. The Hall–Kier alpha value is -2.39. The summed E-state index contributed by atoms with van der Waals surface area (Å²) in [6.45, 7) is 6.57. The average Bonchev–Trinajstić information content (AvgIpc) is 2.99. The van der Waals surface area contributed by atoms with Crippen molar-refractivity contribution < 1.29 is 27.5 Å². The zero-order valence-corrected chi connectivity index (χ0v) is 19.1. The maximum absolute atomic E-state index is 13.0. The summed E-state index contributed by atoms with van der Waals surface area (Å²) in [6.07, 6.45) is 1.18. The van der Waals surface area contributed by atoms with Crippen LogP contribution in [0.5, 0.6) is 5.75 Å². The number of rotatable bonds is 8. The smallest absolute Gasteiger partial charge is 0.335 e. The molecule has 0 aromatic heterocycles. The quantitative estimate of drug-likeness (QED) is 0.606. The second-order valence-electron chi connectivity index (χ2n) is 7.77. The van der Waals surface area contributed by atoms with Gasteiger partial charge in [0.15, 0.2) is 0 Å². The van der Waals surface area contributed by atoms with Crippen molar-refractivity contribution in [3.63, 3.8) is 0 Å². The summed E-state index contributed by atoms with van der Waals surface area (Å²) >= 11 is 0. The third-order valence-electron chi connectivity index (χ3n) is 5.87. The van der Waals surface area contributed by atoms with E-state index in [0.717, 1.165) is 11.3 Å². The lowest BCUT2D eigenvalue weighted by Gasteiger charge is -2.38. The Kier molecular flexibility index (Phi) is 7.06. The topological polar surface area (TPSA) is 102 Å². The van der Waals surface area contributed by atoms with Gasteiger partial charge < -0.3 is 14.8 Å². The van der Waals surface area contributed by atoms with Crippen molar-refractivity contribution in [2.24, 2.45) is 0 Å². The average molecular weight is 451 g/mol. The molecule has 2 aliphatic rings. The minimum absolute atomic E-state index is 0.0214. The monoisotopic (exact) mass is 450 g/mol. The highest BCUT2D eigenvalue weighted by molar-refractivity contribution is 7.89. The number of nitrogens with zero attached hydrogens (tertiary/aromatic N) is 1. The number of amides is 1. The van der Waals surface area contributed by atoms with Crippen LogP contribution in [0.25, 0.3) is 0 Å². The van der Waals surface area contributed by atoms with Crippen molar-refractivity contribution in [2.45, 2.75) is 45.6 Å². The van der Waals surface area contributed by atoms with Crippen molar-refractivity contribution in [1.29, 1.82) is 0 Å². The van der Waals surface area contributed by atoms with E-state index < -0.39 is 21.6 Å². The molecule has 0 atom stereocenters. The lowest BCUT2D eigenvalue weighted by Crippen LogP contribution is -2.50. The number of piperidine rings is 1. The van der Waals surface area contributed by atoms with E-state index in [2.05, 4.69) is 5.32 Å². The number of carbonyl (C=O) groups excluding carboxylic acids is 2. The molecular formula is C22H30N2O6S. The summed E-state index contributed by atoms with van der Waals surface area (Å²) in [5.74, 6) is -0.0197. The largest absolute Gasteiger partial charge is 0.494 e.